The molecule has 1 aliphatic carbocycles. The van der Waals surface area contributed by atoms with Crippen LogP contribution < -0.4 is 10.4 Å². The maximum atomic E-state index is 7.32. The van der Waals surface area contributed by atoms with Crippen LogP contribution in [0, 0.1) is 0 Å². The third-order valence-electron chi connectivity index (χ3n) is 5.88. The summed E-state index contributed by atoms with van der Waals surface area (Å²) >= 11 is 7.07. The first kappa shape index (κ1) is 22.7. The van der Waals surface area contributed by atoms with Crippen molar-refractivity contribution in [3.8, 4) is 0 Å². The number of rotatable bonds is 5. The summed E-state index contributed by atoms with van der Waals surface area (Å²) in [5, 5.41) is 2.71. The summed E-state index contributed by atoms with van der Waals surface area (Å²) in [5.74, 6) is 0. The van der Waals surface area contributed by atoms with E-state index in [2.05, 4.69) is 126 Å². The van der Waals surface area contributed by atoms with Gasteiger partial charge in [-0.3, -0.25) is 0 Å². The maximum absolute atomic E-state index is 7.32. The Morgan fingerprint density at radius 3 is 1.93 bits per heavy atom. The Balaban J connectivity index is 2.09. The van der Waals surface area contributed by atoms with Crippen molar-refractivity contribution in [2.75, 3.05) is 0 Å². The van der Waals surface area contributed by atoms with Crippen LogP contribution in [-0.2, 0) is 4.43 Å². The first-order chi connectivity index (χ1) is 13.7. The van der Waals surface area contributed by atoms with Gasteiger partial charge >= 0.3 is 0 Å². The van der Waals surface area contributed by atoms with Crippen molar-refractivity contribution in [3.05, 3.63) is 81.3 Å². The molecule has 29 heavy (non-hydrogen) atoms. The first-order valence-electron chi connectivity index (χ1n) is 10.2. The summed E-state index contributed by atoms with van der Waals surface area (Å²) in [6.07, 6.45) is 5.53. The Kier molecular flexibility index (Phi) is 7.42. The van der Waals surface area contributed by atoms with Crippen molar-refractivity contribution < 1.29 is 4.43 Å². The molecule has 154 valence electrons. The third-order valence-corrected chi connectivity index (χ3v) is 11.4. The molecule has 0 N–H and O–H groups in total. The summed E-state index contributed by atoms with van der Waals surface area (Å²) in [7, 11) is -2.49. The van der Waals surface area contributed by atoms with Gasteiger partial charge in [-0.05, 0) is 85.1 Å². The number of benzene rings is 2. The number of allylic oxidation sites excluding steroid dienone is 2. The minimum Gasteiger partial charge on any atom is -0.404 e. The third kappa shape index (κ3) is 5.04. The van der Waals surface area contributed by atoms with Crippen molar-refractivity contribution in [1.29, 1.82) is 0 Å². The summed E-state index contributed by atoms with van der Waals surface area (Å²) in [5.41, 5.74) is 2.84. The average Bonchev–Trinajstić information content (AvgIpc) is 2.68. The molecular weight excluding hydrogens is 504 g/mol. The Hall–Kier alpha value is -0.943. The van der Waals surface area contributed by atoms with Gasteiger partial charge in [-0.1, -0.05) is 87.0 Å². The van der Waals surface area contributed by atoms with Gasteiger partial charge in [0.25, 0.3) is 8.32 Å². The highest BCUT2D eigenvalue weighted by atomic mass is 79.9. The molecule has 0 fully saturated rings. The molecule has 3 rings (SSSR count). The van der Waals surface area contributed by atoms with E-state index in [0.29, 0.717) is 0 Å². The minimum absolute atomic E-state index is 0.0118. The summed E-state index contributed by atoms with van der Waals surface area (Å²) in [4.78, 5) is 0. The van der Waals surface area contributed by atoms with Crippen molar-refractivity contribution in [2.24, 2.45) is 0 Å². The van der Waals surface area contributed by atoms with E-state index in [9.17, 15) is 0 Å². The maximum Gasteiger partial charge on any atom is 0.261 e. The molecule has 0 spiro atoms. The SMILES string of the molecule is CC1=C(C=C(Br)Br)CC(O[Si](c2ccccc2)(c2ccccc2)C(C)(C)C)CC1. The van der Waals surface area contributed by atoms with Crippen LogP contribution in [0.3, 0.4) is 0 Å². The predicted molar refractivity (Wildman–Crippen MR) is 135 cm³/mol. The molecule has 1 nitrogen and oxygen atoms in total. The summed E-state index contributed by atoms with van der Waals surface area (Å²) in [6, 6.07) is 21.9. The van der Waals surface area contributed by atoms with E-state index in [0.717, 1.165) is 22.7 Å². The molecule has 0 radical (unpaired) electrons. The largest absolute Gasteiger partial charge is 0.404 e. The van der Waals surface area contributed by atoms with Crippen molar-refractivity contribution in [2.45, 2.75) is 58.1 Å². The lowest BCUT2D eigenvalue weighted by atomic mass is 9.91. The normalized spacial score (nSPS) is 17.9. The lowest BCUT2D eigenvalue weighted by molar-refractivity contribution is 0.172. The highest BCUT2D eigenvalue weighted by molar-refractivity contribution is 9.28. The van der Waals surface area contributed by atoms with E-state index in [4.69, 9.17) is 4.43 Å². The fourth-order valence-electron chi connectivity index (χ4n) is 4.42. The van der Waals surface area contributed by atoms with Crippen molar-refractivity contribution in [1.82, 2.24) is 0 Å². The molecule has 0 heterocycles. The van der Waals surface area contributed by atoms with Crippen LogP contribution in [0.15, 0.2) is 81.3 Å². The zero-order valence-corrected chi connectivity index (χ0v) is 21.9. The zero-order valence-electron chi connectivity index (χ0n) is 17.7. The van der Waals surface area contributed by atoms with Gasteiger partial charge in [0.05, 0.1) is 9.50 Å². The highest BCUT2D eigenvalue weighted by Gasteiger charge is 2.51. The van der Waals surface area contributed by atoms with Gasteiger partial charge in [0.15, 0.2) is 0 Å². The van der Waals surface area contributed by atoms with Crippen LogP contribution in [0.5, 0.6) is 0 Å². The standard InChI is InChI=1S/C25H30Br2OSi/c1-19-15-16-21(17-20(19)18-24(26)27)28-29(25(2,3)4,22-11-7-5-8-12-22)23-13-9-6-10-14-23/h5-14,18,21H,15-17H2,1-4H3. The lowest BCUT2D eigenvalue weighted by Crippen LogP contribution is -2.67. The van der Waals surface area contributed by atoms with Crippen LogP contribution >= 0.6 is 31.9 Å². The first-order valence-corrected chi connectivity index (χ1v) is 13.7. The molecular formula is C25H30Br2OSi. The second-order valence-electron chi connectivity index (χ2n) is 8.89. The van der Waals surface area contributed by atoms with Gasteiger partial charge in [-0.2, -0.15) is 0 Å². The van der Waals surface area contributed by atoms with E-state index < -0.39 is 8.32 Å². The second kappa shape index (κ2) is 9.46. The van der Waals surface area contributed by atoms with Gasteiger partial charge in [0, 0.05) is 0 Å². The zero-order chi connectivity index (χ0) is 21.1. The molecule has 0 aliphatic heterocycles. The summed E-state index contributed by atoms with van der Waals surface area (Å²) < 4.78 is 8.31. The minimum atomic E-state index is -2.49. The van der Waals surface area contributed by atoms with Gasteiger partial charge in [-0.25, -0.2) is 0 Å². The summed E-state index contributed by atoms with van der Waals surface area (Å²) in [6.45, 7) is 9.28. The Labute approximate surface area is 193 Å². The van der Waals surface area contributed by atoms with Crippen molar-refractivity contribution >= 4 is 50.6 Å². The molecule has 2 aromatic rings. The quantitative estimate of drug-likeness (QED) is 0.373. The van der Waals surface area contributed by atoms with E-state index in [1.165, 1.54) is 21.5 Å². The Bertz CT molecular complexity index is 839. The average molecular weight is 534 g/mol. The van der Waals surface area contributed by atoms with E-state index in [1.54, 1.807) is 0 Å². The van der Waals surface area contributed by atoms with Crippen LogP contribution in [0.1, 0.15) is 47.0 Å². The lowest BCUT2D eigenvalue weighted by Gasteiger charge is -2.46. The number of hydrogen-bond donors (Lipinski definition) is 0. The number of hydrogen-bond acceptors (Lipinski definition) is 1. The van der Waals surface area contributed by atoms with Gasteiger partial charge in [-0.15, -0.1) is 0 Å². The molecule has 2 aromatic carbocycles. The highest BCUT2D eigenvalue weighted by Crippen LogP contribution is 2.40. The van der Waals surface area contributed by atoms with Crippen LogP contribution in [-0.4, -0.2) is 14.4 Å². The van der Waals surface area contributed by atoms with Gasteiger partial charge in [0.1, 0.15) is 0 Å². The molecule has 0 bridgehead atoms. The van der Waals surface area contributed by atoms with Crippen LogP contribution in [0.25, 0.3) is 0 Å². The molecule has 1 atom stereocenters. The predicted octanol–water partition coefficient (Wildman–Crippen LogP) is 7.06. The monoisotopic (exact) mass is 532 g/mol. The van der Waals surface area contributed by atoms with Crippen molar-refractivity contribution in [3.63, 3.8) is 0 Å². The van der Waals surface area contributed by atoms with E-state index >= 15 is 0 Å². The van der Waals surface area contributed by atoms with Crippen LogP contribution in [0.4, 0.5) is 0 Å². The van der Waals surface area contributed by atoms with Gasteiger partial charge < -0.3 is 4.43 Å². The van der Waals surface area contributed by atoms with Crippen LogP contribution in [0.2, 0.25) is 5.04 Å². The smallest absolute Gasteiger partial charge is 0.261 e. The second-order valence-corrected chi connectivity index (χ2v) is 15.9. The molecule has 4 heteroatoms. The Morgan fingerprint density at radius 2 is 1.48 bits per heavy atom. The topological polar surface area (TPSA) is 9.23 Å². The Morgan fingerprint density at radius 1 is 0.966 bits per heavy atom. The number of halogens is 2. The van der Waals surface area contributed by atoms with Gasteiger partial charge in [0.2, 0.25) is 0 Å². The fraction of sp³-hybridized carbons (Fsp3) is 0.360. The molecule has 1 unspecified atom stereocenters. The molecule has 0 amide bonds. The molecule has 1 aliphatic rings. The molecule has 0 saturated heterocycles. The molecule has 0 aromatic heterocycles. The van der Waals surface area contributed by atoms with E-state index in [-0.39, 0.29) is 11.1 Å². The molecule has 0 saturated carbocycles. The van der Waals surface area contributed by atoms with E-state index in [1.807, 2.05) is 0 Å². The fourth-order valence-corrected chi connectivity index (χ4v) is 9.68.